The molecule has 0 N–H and O–H groups in total. The van der Waals surface area contributed by atoms with Crippen molar-refractivity contribution in [1.82, 2.24) is 0 Å². The highest BCUT2D eigenvalue weighted by Crippen LogP contribution is 2.39. The summed E-state index contributed by atoms with van der Waals surface area (Å²) in [4.78, 5) is 0. The Hall–Kier alpha value is -2.28. The van der Waals surface area contributed by atoms with Crippen molar-refractivity contribution in [2.45, 2.75) is 6.42 Å². The zero-order valence-corrected chi connectivity index (χ0v) is 9.81. The Morgan fingerprint density at radius 3 is 2.89 bits per heavy atom. The van der Waals surface area contributed by atoms with Crippen LogP contribution in [0.15, 0.2) is 54.6 Å². The molecule has 0 spiro atoms. The van der Waals surface area contributed by atoms with Gasteiger partial charge in [0.15, 0.2) is 0 Å². The first-order valence-electron chi connectivity index (χ1n) is 6.10. The smallest absolute Gasteiger partial charge is 0.138 e. The number of hydrogen-bond acceptors (Lipinski definition) is 1. The molecule has 0 aromatic heterocycles. The summed E-state index contributed by atoms with van der Waals surface area (Å²) < 4.78 is 5.93. The van der Waals surface area contributed by atoms with E-state index in [9.17, 15) is 0 Å². The molecular formula is C17H11O. The topological polar surface area (TPSA) is 9.23 Å². The monoisotopic (exact) mass is 231 g/mol. The van der Waals surface area contributed by atoms with Crippen LogP contribution in [-0.4, -0.2) is 0 Å². The van der Waals surface area contributed by atoms with Gasteiger partial charge >= 0.3 is 0 Å². The molecular weight excluding hydrogens is 220 g/mol. The van der Waals surface area contributed by atoms with Gasteiger partial charge in [0.25, 0.3) is 0 Å². The lowest BCUT2D eigenvalue weighted by molar-refractivity contribution is 0.460. The molecule has 0 aliphatic carbocycles. The Morgan fingerprint density at radius 2 is 1.89 bits per heavy atom. The number of benzene rings is 3. The zero-order valence-electron chi connectivity index (χ0n) is 9.81. The van der Waals surface area contributed by atoms with E-state index in [-0.39, 0.29) is 0 Å². The van der Waals surface area contributed by atoms with Crippen LogP contribution in [0.2, 0.25) is 0 Å². The van der Waals surface area contributed by atoms with Crippen molar-refractivity contribution in [3.8, 4) is 11.5 Å². The third-order valence-corrected chi connectivity index (χ3v) is 3.48. The standard InChI is InChI=1S/C17H11O/c1-3-7-14-12(5-1)9-10-17-15(14)11-13-6-2-4-8-16(13)18-17/h1-7,9-10H,11H2. The molecule has 1 heteroatoms. The van der Waals surface area contributed by atoms with Gasteiger partial charge in [0.05, 0.1) is 0 Å². The van der Waals surface area contributed by atoms with Gasteiger partial charge < -0.3 is 4.74 Å². The molecule has 3 aromatic carbocycles. The second-order valence-corrected chi connectivity index (χ2v) is 4.57. The van der Waals surface area contributed by atoms with Crippen molar-refractivity contribution >= 4 is 10.8 Å². The number of para-hydroxylation sites is 1. The first kappa shape index (κ1) is 9.72. The van der Waals surface area contributed by atoms with Crippen molar-refractivity contribution in [2.24, 2.45) is 0 Å². The molecule has 4 rings (SSSR count). The molecule has 0 amide bonds. The van der Waals surface area contributed by atoms with Gasteiger partial charge in [0, 0.05) is 18.1 Å². The minimum atomic E-state index is 0.861. The number of hydrogen-bond donors (Lipinski definition) is 0. The van der Waals surface area contributed by atoms with Crippen LogP contribution in [0.25, 0.3) is 10.8 Å². The van der Waals surface area contributed by atoms with Crippen LogP contribution in [0, 0.1) is 6.07 Å². The van der Waals surface area contributed by atoms with E-state index in [0.717, 1.165) is 17.9 Å². The lowest BCUT2D eigenvalue weighted by Crippen LogP contribution is -2.03. The van der Waals surface area contributed by atoms with Crippen LogP contribution in [-0.2, 0) is 6.42 Å². The first-order chi connectivity index (χ1) is 8.92. The van der Waals surface area contributed by atoms with Gasteiger partial charge in [-0.05, 0) is 22.4 Å². The Bertz CT molecular complexity index is 743. The van der Waals surface area contributed by atoms with Crippen LogP contribution in [0.4, 0.5) is 0 Å². The van der Waals surface area contributed by atoms with Gasteiger partial charge in [0.1, 0.15) is 11.5 Å². The molecule has 0 bridgehead atoms. The van der Waals surface area contributed by atoms with Crippen LogP contribution in [0.5, 0.6) is 11.5 Å². The van der Waals surface area contributed by atoms with Crippen LogP contribution >= 0.6 is 0 Å². The fourth-order valence-corrected chi connectivity index (χ4v) is 2.58. The van der Waals surface area contributed by atoms with E-state index in [1.807, 2.05) is 12.1 Å². The lowest BCUT2D eigenvalue weighted by Gasteiger charge is -2.21. The average molecular weight is 231 g/mol. The maximum Gasteiger partial charge on any atom is 0.138 e. The second kappa shape index (κ2) is 3.61. The summed E-state index contributed by atoms with van der Waals surface area (Å²) in [5, 5.41) is 2.55. The quantitative estimate of drug-likeness (QED) is 0.437. The van der Waals surface area contributed by atoms with Gasteiger partial charge in [-0.2, -0.15) is 0 Å². The van der Waals surface area contributed by atoms with E-state index < -0.39 is 0 Å². The van der Waals surface area contributed by atoms with Crippen LogP contribution in [0.3, 0.4) is 0 Å². The third-order valence-electron chi connectivity index (χ3n) is 3.48. The third kappa shape index (κ3) is 1.34. The Kier molecular flexibility index (Phi) is 1.95. The summed E-state index contributed by atoms with van der Waals surface area (Å²) in [6, 6.07) is 21.8. The molecule has 1 aliphatic rings. The molecule has 0 atom stereocenters. The Morgan fingerprint density at radius 1 is 0.944 bits per heavy atom. The molecule has 18 heavy (non-hydrogen) atoms. The molecule has 3 aromatic rings. The second-order valence-electron chi connectivity index (χ2n) is 4.57. The number of rotatable bonds is 0. The van der Waals surface area contributed by atoms with Crippen molar-refractivity contribution < 1.29 is 4.74 Å². The van der Waals surface area contributed by atoms with Crippen molar-refractivity contribution in [2.75, 3.05) is 0 Å². The summed E-state index contributed by atoms with van der Waals surface area (Å²) >= 11 is 0. The fraction of sp³-hybridized carbons (Fsp3) is 0.0588. The number of ether oxygens (including phenoxy) is 1. The zero-order chi connectivity index (χ0) is 11.9. The fourth-order valence-electron chi connectivity index (χ4n) is 2.58. The van der Waals surface area contributed by atoms with E-state index in [1.54, 1.807) is 0 Å². The van der Waals surface area contributed by atoms with Crippen molar-refractivity contribution in [1.29, 1.82) is 0 Å². The summed E-state index contributed by atoms with van der Waals surface area (Å²) in [6.07, 6.45) is 0.920. The van der Waals surface area contributed by atoms with Crippen molar-refractivity contribution in [3.05, 3.63) is 71.8 Å². The largest absolute Gasteiger partial charge is 0.456 e. The maximum atomic E-state index is 5.93. The molecule has 1 heterocycles. The summed E-state index contributed by atoms with van der Waals surface area (Å²) in [5.74, 6) is 1.82. The lowest BCUT2D eigenvalue weighted by atomic mass is 9.95. The molecule has 1 nitrogen and oxygen atoms in total. The minimum absolute atomic E-state index is 0.861. The Balaban J connectivity index is 1.98. The first-order valence-corrected chi connectivity index (χ1v) is 6.10. The molecule has 0 unspecified atom stereocenters. The van der Waals surface area contributed by atoms with Gasteiger partial charge in [-0.25, -0.2) is 0 Å². The molecule has 85 valence electrons. The van der Waals surface area contributed by atoms with Gasteiger partial charge in [-0.1, -0.05) is 48.5 Å². The highest BCUT2D eigenvalue weighted by atomic mass is 16.5. The van der Waals surface area contributed by atoms with E-state index in [0.29, 0.717) is 0 Å². The van der Waals surface area contributed by atoms with Crippen LogP contribution < -0.4 is 4.74 Å². The summed E-state index contributed by atoms with van der Waals surface area (Å²) in [6.45, 7) is 0. The highest BCUT2D eigenvalue weighted by molar-refractivity contribution is 5.88. The van der Waals surface area contributed by atoms with E-state index in [4.69, 9.17) is 4.74 Å². The predicted molar refractivity (Wildman–Crippen MR) is 72.1 cm³/mol. The van der Waals surface area contributed by atoms with Gasteiger partial charge in [-0.3, -0.25) is 0 Å². The Labute approximate surface area is 106 Å². The molecule has 1 aliphatic heterocycles. The molecule has 0 fully saturated rings. The van der Waals surface area contributed by atoms with Crippen molar-refractivity contribution in [3.63, 3.8) is 0 Å². The molecule has 1 radical (unpaired) electrons. The molecule has 0 saturated carbocycles. The number of fused-ring (bicyclic) bond motifs is 4. The summed E-state index contributed by atoms with van der Waals surface area (Å²) in [5.41, 5.74) is 2.49. The van der Waals surface area contributed by atoms with E-state index in [1.165, 1.54) is 21.9 Å². The van der Waals surface area contributed by atoms with E-state index >= 15 is 0 Å². The summed E-state index contributed by atoms with van der Waals surface area (Å²) in [7, 11) is 0. The van der Waals surface area contributed by atoms with Gasteiger partial charge in [0.2, 0.25) is 0 Å². The minimum Gasteiger partial charge on any atom is -0.456 e. The maximum absolute atomic E-state index is 5.93. The van der Waals surface area contributed by atoms with Crippen LogP contribution in [0.1, 0.15) is 11.1 Å². The van der Waals surface area contributed by atoms with Gasteiger partial charge in [-0.15, -0.1) is 0 Å². The molecule has 0 saturated heterocycles. The highest BCUT2D eigenvalue weighted by Gasteiger charge is 2.18. The SMILES string of the molecule is [c]1cccc2c1Oc1ccc3ccccc3c1C2. The predicted octanol–water partition coefficient (Wildman–Crippen LogP) is 4.34. The average Bonchev–Trinajstić information content (AvgIpc) is 2.45. The normalized spacial score (nSPS) is 12.7. The van der Waals surface area contributed by atoms with E-state index in [2.05, 4.69) is 48.5 Å².